The average molecular weight is 329 g/mol. The highest BCUT2D eigenvalue weighted by molar-refractivity contribution is 5.79. The van der Waals surface area contributed by atoms with Crippen LogP contribution in [-0.4, -0.2) is 75.7 Å². The summed E-state index contributed by atoms with van der Waals surface area (Å²) in [7, 11) is 6.27. The number of nitrogens with zero attached hydrogens (tertiary/aromatic N) is 3. The fourth-order valence-corrected chi connectivity index (χ4v) is 3.52. The first-order valence-electron chi connectivity index (χ1n) is 9.02. The van der Waals surface area contributed by atoms with Crippen molar-refractivity contribution in [3.63, 3.8) is 0 Å². The second-order valence-corrected chi connectivity index (χ2v) is 7.35. The minimum atomic E-state index is 0.306. The van der Waals surface area contributed by atoms with Crippen molar-refractivity contribution in [2.75, 3.05) is 53.9 Å². The van der Waals surface area contributed by atoms with Gasteiger partial charge in [-0.1, -0.05) is 30.3 Å². The maximum atomic E-state index is 4.40. The number of benzene rings is 1. The van der Waals surface area contributed by atoms with E-state index in [0.717, 1.165) is 38.7 Å². The Kier molecular flexibility index (Phi) is 5.41. The molecule has 5 heteroatoms. The smallest absolute Gasteiger partial charge is 0.191 e. The highest BCUT2D eigenvalue weighted by atomic mass is 15.3. The zero-order chi connectivity index (χ0) is 17.0. The van der Waals surface area contributed by atoms with Crippen molar-refractivity contribution in [2.24, 2.45) is 4.99 Å². The van der Waals surface area contributed by atoms with Crippen LogP contribution in [0.2, 0.25) is 0 Å². The minimum Gasteiger partial charge on any atom is -0.356 e. The van der Waals surface area contributed by atoms with Gasteiger partial charge in [0.25, 0.3) is 0 Å². The highest BCUT2D eigenvalue weighted by Crippen LogP contribution is 2.47. The van der Waals surface area contributed by atoms with Crippen LogP contribution in [0.1, 0.15) is 18.4 Å². The van der Waals surface area contributed by atoms with E-state index in [1.54, 1.807) is 0 Å². The molecule has 2 aliphatic rings. The third-order valence-electron chi connectivity index (χ3n) is 5.54. The Balaban J connectivity index is 1.49. The van der Waals surface area contributed by atoms with Gasteiger partial charge in [-0.05, 0) is 32.5 Å². The number of hydrogen-bond donors (Lipinski definition) is 2. The average Bonchev–Trinajstić information content (AvgIpc) is 3.40. The Labute approximate surface area is 146 Å². The van der Waals surface area contributed by atoms with Gasteiger partial charge in [0.1, 0.15) is 0 Å². The SMILES string of the molecule is CN=C(NCC1CN(C)CCN1C)NCC1(c2ccccc2)CC1. The van der Waals surface area contributed by atoms with Crippen LogP contribution in [0.3, 0.4) is 0 Å². The van der Waals surface area contributed by atoms with Crippen molar-refractivity contribution in [3.05, 3.63) is 35.9 Å². The molecule has 1 heterocycles. The molecule has 1 unspecified atom stereocenters. The molecule has 0 amide bonds. The molecule has 1 aliphatic heterocycles. The molecule has 1 atom stereocenters. The molecule has 0 radical (unpaired) electrons. The van der Waals surface area contributed by atoms with Crippen LogP contribution in [-0.2, 0) is 5.41 Å². The number of rotatable bonds is 5. The van der Waals surface area contributed by atoms with Gasteiger partial charge >= 0.3 is 0 Å². The van der Waals surface area contributed by atoms with E-state index in [0.29, 0.717) is 11.5 Å². The van der Waals surface area contributed by atoms with Gasteiger partial charge in [-0.3, -0.25) is 9.89 Å². The van der Waals surface area contributed by atoms with E-state index < -0.39 is 0 Å². The van der Waals surface area contributed by atoms with Crippen LogP contribution in [0, 0.1) is 0 Å². The number of hydrogen-bond acceptors (Lipinski definition) is 3. The molecule has 0 bridgehead atoms. The molecule has 1 saturated heterocycles. The van der Waals surface area contributed by atoms with E-state index in [4.69, 9.17) is 0 Å². The maximum absolute atomic E-state index is 4.40. The van der Waals surface area contributed by atoms with E-state index in [1.807, 2.05) is 7.05 Å². The summed E-state index contributed by atoms with van der Waals surface area (Å²) in [5, 5.41) is 7.06. The van der Waals surface area contributed by atoms with E-state index in [-0.39, 0.29) is 0 Å². The first-order valence-corrected chi connectivity index (χ1v) is 9.02. The lowest BCUT2D eigenvalue weighted by Crippen LogP contribution is -2.55. The predicted octanol–water partition coefficient (Wildman–Crippen LogP) is 1.13. The van der Waals surface area contributed by atoms with Gasteiger partial charge in [0.2, 0.25) is 0 Å². The second kappa shape index (κ2) is 7.53. The molecular formula is C19H31N5. The van der Waals surface area contributed by atoms with Gasteiger partial charge in [0, 0.05) is 51.2 Å². The number of guanidine groups is 1. The topological polar surface area (TPSA) is 42.9 Å². The maximum Gasteiger partial charge on any atom is 0.191 e. The molecule has 1 aromatic rings. The van der Waals surface area contributed by atoms with E-state index >= 15 is 0 Å². The van der Waals surface area contributed by atoms with Crippen molar-refractivity contribution >= 4 is 5.96 Å². The Morgan fingerprint density at radius 3 is 2.58 bits per heavy atom. The molecular weight excluding hydrogens is 298 g/mol. The molecule has 24 heavy (non-hydrogen) atoms. The zero-order valence-corrected chi connectivity index (χ0v) is 15.3. The lowest BCUT2D eigenvalue weighted by molar-refractivity contribution is 0.116. The molecule has 132 valence electrons. The summed E-state index contributed by atoms with van der Waals surface area (Å²) >= 11 is 0. The minimum absolute atomic E-state index is 0.306. The number of likely N-dealkylation sites (N-methyl/N-ethyl adjacent to an activating group) is 2. The largest absolute Gasteiger partial charge is 0.356 e. The Morgan fingerprint density at radius 2 is 1.92 bits per heavy atom. The Bertz CT molecular complexity index is 552. The number of nitrogens with one attached hydrogen (secondary N) is 2. The molecule has 1 aromatic carbocycles. The summed E-state index contributed by atoms with van der Waals surface area (Å²) < 4.78 is 0. The molecule has 2 fully saturated rings. The third kappa shape index (κ3) is 4.08. The fraction of sp³-hybridized carbons (Fsp3) is 0.632. The van der Waals surface area contributed by atoms with Crippen LogP contribution >= 0.6 is 0 Å². The summed E-state index contributed by atoms with van der Waals surface area (Å²) in [6.45, 7) is 5.27. The number of aliphatic imine (C=N–C) groups is 1. The molecule has 1 aliphatic carbocycles. The third-order valence-corrected chi connectivity index (χ3v) is 5.54. The van der Waals surface area contributed by atoms with Crippen molar-refractivity contribution < 1.29 is 0 Å². The summed E-state index contributed by atoms with van der Waals surface area (Å²) in [6, 6.07) is 11.4. The lowest BCUT2D eigenvalue weighted by Gasteiger charge is -2.38. The first kappa shape index (κ1) is 17.2. The van der Waals surface area contributed by atoms with Gasteiger partial charge in [-0.25, -0.2) is 0 Å². The van der Waals surface area contributed by atoms with Crippen LogP contribution < -0.4 is 10.6 Å². The molecule has 5 nitrogen and oxygen atoms in total. The monoisotopic (exact) mass is 329 g/mol. The van der Waals surface area contributed by atoms with Gasteiger partial charge in [-0.15, -0.1) is 0 Å². The van der Waals surface area contributed by atoms with E-state index in [1.165, 1.54) is 18.4 Å². The summed E-state index contributed by atoms with van der Waals surface area (Å²) in [5.74, 6) is 0.916. The van der Waals surface area contributed by atoms with Crippen molar-refractivity contribution in [1.82, 2.24) is 20.4 Å². The van der Waals surface area contributed by atoms with E-state index in [9.17, 15) is 0 Å². The van der Waals surface area contributed by atoms with Crippen molar-refractivity contribution in [3.8, 4) is 0 Å². The first-order chi connectivity index (χ1) is 11.6. The highest BCUT2D eigenvalue weighted by Gasteiger charge is 2.44. The van der Waals surface area contributed by atoms with Crippen LogP contribution in [0.25, 0.3) is 0 Å². The number of piperazine rings is 1. The predicted molar refractivity (Wildman–Crippen MR) is 101 cm³/mol. The molecule has 2 N–H and O–H groups in total. The van der Waals surface area contributed by atoms with Gasteiger partial charge < -0.3 is 15.5 Å². The Morgan fingerprint density at radius 1 is 1.17 bits per heavy atom. The molecule has 1 saturated carbocycles. The quantitative estimate of drug-likeness (QED) is 0.628. The van der Waals surface area contributed by atoms with Crippen molar-refractivity contribution in [2.45, 2.75) is 24.3 Å². The van der Waals surface area contributed by atoms with Crippen LogP contribution in [0.4, 0.5) is 0 Å². The zero-order valence-electron chi connectivity index (χ0n) is 15.3. The molecule has 0 spiro atoms. The van der Waals surface area contributed by atoms with E-state index in [2.05, 4.69) is 69.9 Å². The van der Waals surface area contributed by atoms with Crippen LogP contribution in [0.15, 0.2) is 35.3 Å². The Hall–Kier alpha value is -1.59. The van der Waals surface area contributed by atoms with Gasteiger partial charge in [0.15, 0.2) is 5.96 Å². The van der Waals surface area contributed by atoms with Crippen LogP contribution in [0.5, 0.6) is 0 Å². The molecule has 0 aromatic heterocycles. The van der Waals surface area contributed by atoms with Gasteiger partial charge in [-0.2, -0.15) is 0 Å². The van der Waals surface area contributed by atoms with Crippen molar-refractivity contribution in [1.29, 1.82) is 0 Å². The normalized spacial score (nSPS) is 24.6. The second-order valence-electron chi connectivity index (χ2n) is 7.35. The molecule has 3 rings (SSSR count). The standard InChI is InChI=1S/C19H31N5/c1-20-18(21-13-17-14-23(2)11-12-24(17)3)22-15-19(9-10-19)16-7-5-4-6-8-16/h4-8,17H,9-15H2,1-3H3,(H2,20,21,22). The summed E-state index contributed by atoms with van der Waals surface area (Å²) in [5.41, 5.74) is 1.75. The summed E-state index contributed by atoms with van der Waals surface area (Å²) in [4.78, 5) is 9.24. The lowest BCUT2D eigenvalue weighted by atomic mass is 9.96. The van der Waals surface area contributed by atoms with Gasteiger partial charge in [0.05, 0.1) is 0 Å². The summed E-state index contributed by atoms with van der Waals surface area (Å²) in [6.07, 6.45) is 2.52. The fourth-order valence-electron chi connectivity index (χ4n) is 3.52.